The fourth-order valence-corrected chi connectivity index (χ4v) is 1.64. The van der Waals surface area contributed by atoms with E-state index in [1.54, 1.807) is 0 Å². The Balaban J connectivity index is 1.91. The van der Waals surface area contributed by atoms with Crippen LogP contribution in [0, 0.1) is 11.7 Å². The minimum Gasteiger partial charge on any atom is -0.452 e. The molecule has 0 saturated heterocycles. The molecule has 1 aromatic rings. The number of ether oxygens (including phenoxy) is 1. The highest BCUT2D eigenvalue weighted by Crippen LogP contribution is 2.30. The summed E-state index contributed by atoms with van der Waals surface area (Å²) in [6.07, 6.45) is 0.749. The number of amides is 1. The van der Waals surface area contributed by atoms with E-state index in [4.69, 9.17) is 16.3 Å². The third kappa shape index (κ3) is 3.67. The minimum atomic E-state index is -0.892. The molecule has 0 radical (unpaired) electrons. The van der Waals surface area contributed by atoms with Crippen LogP contribution in [0.5, 0.6) is 0 Å². The quantitative estimate of drug-likeness (QED) is 0.866. The number of carbonyl (C=O) groups is 2. The second-order valence-electron chi connectivity index (χ2n) is 4.47. The number of rotatable bonds is 4. The summed E-state index contributed by atoms with van der Waals surface area (Å²) in [7, 11) is 0. The van der Waals surface area contributed by atoms with Crippen molar-refractivity contribution >= 4 is 29.2 Å². The monoisotopic (exact) mass is 285 g/mol. The predicted molar refractivity (Wildman–Crippen MR) is 68.3 cm³/mol. The molecule has 1 fully saturated rings. The van der Waals surface area contributed by atoms with Gasteiger partial charge in [0.25, 0.3) is 5.91 Å². The molecule has 4 nitrogen and oxygen atoms in total. The summed E-state index contributed by atoms with van der Waals surface area (Å²) >= 11 is 5.60. The number of benzene rings is 1. The van der Waals surface area contributed by atoms with Crippen LogP contribution in [-0.4, -0.2) is 18.0 Å². The molecule has 1 aromatic carbocycles. The first-order chi connectivity index (χ1) is 8.97. The molecule has 0 aromatic heterocycles. The second-order valence-corrected chi connectivity index (χ2v) is 4.88. The van der Waals surface area contributed by atoms with E-state index in [1.807, 2.05) is 0 Å². The number of esters is 1. The first kappa shape index (κ1) is 13.8. The molecular weight excluding hydrogens is 273 g/mol. The van der Waals surface area contributed by atoms with Crippen LogP contribution in [0.3, 0.4) is 0 Å². The lowest BCUT2D eigenvalue weighted by Crippen LogP contribution is -2.30. The Morgan fingerprint density at radius 1 is 1.47 bits per heavy atom. The first-order valence-corrected chi connectivity index (χ1v) is 6.31. The van der Waals surface area contributed by atoms with E-state index in [0.29, 0.717) is 5.69 Å². The van der Waals surface area contributed by atoms with Gasteiger partial charge in [0, 0.05) is 5.69 Å². The van der Waals surface area contributed by atoms with Crippen molar-refractivity contribution in [3.05, 3.63) is 29.0 Å². The molecule has 1 atom stereocenters. The predicted octanol–water partition coefficient (Wildman–Crippen LogP) is 2.76. The topological polar surface area (TPSA) is 55.4 Å². The molecular formula is C13H13ClFNO3. The van der Waals surface area contributed by atoms with Crippen LogP contribution in [0.15, 0.2) is 18.2 Å². The lowest BCUT2D eigenvalue weighted by Gasteiger charge is -2.13. The first-order valence-electron chi connectivity index (χ1n) is 5.94. The number of nitrogens with one attached hydrogen (secondary N) is 1. The van der Waals surface area contributed by atoms with Crippen LogP contribution in [-0.2, 0) is 14.3 Å². The van der Waals surface area contributed by atoms with E-state index in [2.05, 4.69) is 5.32 Å². The number of halogens is 2. The van der Waals surface area contributed by atoms with Gasteiger partial charge in [-0.3, -0.25) is 9.59 Å². The fourth-order valence-electron chi connectivity index (χ4n) is 1.46. The third-order valence-corrected chi connectivity index (χ3v) is 3.05. The number of hydrogen-bond acceptors (Lipinski definition) is 3. The summed E-state index contributed by atoms with van der Waals surface area (Å²) in [5.74, 6) is -1.44. The van der Waals surface area contributed by atoms with Crippen LogP contribution >= 0.6 is 11.6 Å². The standard InChI is InChI=1S/C13H13ClFNO3/c1-7(19-13(18)8-2-3-8)12(17)16-9-4-5-11(15)10(14)6-9/h4-8H,2-3H2,1H3,(H,16,17)/t7-/m0/s1. The molecule has 6 heteroatoms. The fraction of sp³-hybridized carbons (Fsp3) is 0.385. The van der Waals surface area contributed by atoms with Gasteiger partial charge in [-0.15, -0.1) is 0 Å². The van der Waals surface area contributed by atoms with E-state index < -0.39 is 17.8 Å². The van der Waals surface area contributed by atoms with Crippen molar-refractivity contribution in [1.29, 1.82) is 0 Å². The van der Waals surface area contributed by atoms with Crippen LogP contribution < -0.4 is 5.32 Å². The Bertz CT molecular complexity index is 517. The smallest absolute Gasteiger partial charge is 0.309 e. The van der Waals surface area contributed by atoms with Gasteiger partial charge < -0.3 is 10.1 Å². The van der Waals surface area contributed by atoms with Crippen LogP contribution in [0.1, 0.15) is 19.8 Å². The molecule has 1 saturated carbocycles. The lowest BCUT2D eigenvalue weighted by molar-refractivity contribution is -0.154. The van der Waals surface area contributed by atoms with E-state index >= 15 is 0 Å². The Morgan fingerprint density at radius 2 is 2.16 bits per heavy atom. The molecule has 0 spiro atoms. The van der Waals surface area contributed by atoms with Gasteiger partial charge in [0.2, 0.25) is 0 Å². The van der Waals surface area contributed by atoms with Crippen molar-refractivity contribution < 1.29 is 18.7 Å². The summed E-state index contributed by atoms with van der Waals surface area (Å²) in [6.45, 7) is 1.49. The van der Waals surface area contributed by atoms with Crippen LogP contribution in [0.25, 0.3) is 0 Å². The maximum atomic E-state index is 12.9. The molecule has 0 unspecified atom stereocenters. The molecule has 1 aliphatic rings. The van der Waals surface area contributed by atoms with Gasteiger partial charge in [-0.25, -0.2) is 4.39 Å². The molecule has 19 heavy (non-hydrogen) atoms. The van der Waals surface area contributed by atoms with E-state index in [-0.39, 0.29) is 16.9 Å². The Kier molecular flexibility index (Phi) is 4.04. The van der Waals surface area contributed by atoms with Crippen molar-refractivity contribution in [2.45, 2.75) is 25.9 Å². The summed E-state index contributed by atoms with van der Waals surface area (Å²) < 4.78 is 18.0. The Morgan fingerprint density at radius 3 is 2.74 bits per heavy atom. The zero-order valence-corrected chi connectivity index (χ0v) is 11.0. The van der Waals surface area contributed by atoms with Crippen molar-refractivity contribution in [3.63, 3.8) is 0 Å². The van der Waals surface area contributed by atoms with Gasteiger partial charge in [0.1, 0.15) is 5.82 Å². The average Bonchev–Trinajstić information content (AvgIpc) is 3.17. The molecule has 0 heterocycles. The highest BCUT2D eigenvalue weighted by atomic mass is 35.5. The number of anilines is 1. The van der Waals surface area contributed by atoms with Crippen molar-refractivity contribution in [2.75, 3.05) is 5.32 Å². The van der Waals surface area contributed by atoms with E-state index in [9.17, 15) is 14.0 Å². The van der Waals surface area contributed by atoms with E-state index in [0.717, 1.165) is 18.9 Å². The van der Waals surface area contributed by atoms with Gasteiger partial charge >= 0.3 is 5.97 Å². The molecule has 1 amide bonds. The molecule has 1 aliphatic carbocycles. The van der Waals surface area contributed by atoms with Gasteiger partial charge in [0.05, 0.1) is 10.9 Å². The van der Waals surface area contributed by atoms with Crippen molar-refractivity contribution in [3.8, 4) is 0 Å². The SMILES string of the molecule is C[C@H](OC(=O)C1CC1)C(=O)Nc1ccc(F)c(Cl)c1. The summed E-state index contributed by atoms with van der Waals surface area (Å²) in [4.78, 5) is 23.2. The summed E-state index contributed by atoms with van der Waals surface area (Å²) in [5, 5.41) is 2.42. The maximum absolute atomic E-state index is 12.9. The highest BCUT2D eigenvalue weighted by molar-refractivity contribution is 6.31. The van der Waals surface area contributed by atoms with Crippen molar-refractivity contribution in [2.24, 2.45) is 5.92 Å². The molecule has 1 N–H and O–H groups in total. The zero-order valence-electron chi connectivity index (χ0n) is 10.3. The Labute approximate surface area is 114 Å². The second kappa shape index (κ2) is 5.57. The van der Waals surface area contributed by atoms with Crippen LogP contribution in [0.2, 0.25) is 5.02 Å². The van der Waals surface area contributed by atoms with Crippen LogP contribution in [0.4, 0.5) is 10.1 Å². The number of hydrogen-bond donors (Lipinski definition) is 1. The maximum Gasteiger partial charge on any atom is 0.309 e. The lowest BCUT2D eigenvalue weighted by atomic mass is 10.3. The highest BCUT2D eigenvalue weighted by Gasteiger charge is 2.33. The molecule has 0 bridgehead atoms. The largest absolute Gasteiger partial charge is 0.452 e. The van der Waals surface area contributed by atoms with Gasteiger partial charge in [-0.2, -0.15) is 0 Å². The van der Waals surface area contributed by atoms with Gasteiger partial charge in [0.15, 0.2) is 6.10 Å². The third-order valence-electron chi connectivity index (χ3n) is 2.76. The van der Waals surface area contributed by atoms with Gasteiger partial charge in [-0.1, -0.05) is 11.6 Å². The normalized spacial score (nSPS) is 15.7. The average molecular weight is 286 g/mol. The number of carbonyl (C=O) groups excluding carboxylic acids is 2. The summed E-state index contributed by atoms with van der Waals surface area (Å²) in [6, 6.07) is 3.83. The van der Waals surface area contributed by atoms with E-state index in [1.165, 1.54) is 19.1 Å². The van der Waals surface area contributed by atoms with Crippen molar-refractivity contribution in [1.82, 2.24) is 0 Å². The van der Waals surface area contributed by atoms with Gasteiger partial charge in [-0.05, 0) is 38.0 Å². The molecule has 0 aliphatic heterocycles. The molecule has 102 valence electrons. The Hall–Kier alpha value is -1.62. The molecule has 2 rings (SSSR count). The zero-order chi connectivity index (χ0) is 14.0. The summed E-state index contributed by atoms with van der Waals surface area (Å²) in [5.41, 5.74) is 0.353. The minimum absolute atomic E-state index is 0.0597.